The number of aliphatic carboxylic acids is 2. The van der Waals surface area contributed by atoms with Gasteiger partial charge >= 0.3 is 11.9 Å². The number of carboxylic acids is 2. The van der Waals surface area contributed by atoms with Gasteiger partial charge in [-0.1, -0.05) is 20.3 Å². The minimum Gasteiger partial charge on any atom is -0.481 e. The first-order chi connectivity index (χ1) is 13.4. The second-order valence-corrected chi connectivity index (χ2v) is 6.75. The molecule has 166 valence electrons. The zero-order valence-electron chi connectivity index (χ0n) is 16.7. The Morgan fingerprint density at radius 1 is 1.00 bits per heavy atom. The van der Waals surface area contributed by atoms with Crippen LogP contribution in [-0.2, 0) is 24.0 Å². The van der Waals surface area contributed by atoms with Crippen LogP contribution in [0.15, 0.2) is 0 Å². The summed E-state index contributed by atoms with van der Waals surface area (Å²) in [6, 6.07) is -3.83. The minimum absolute atomic E-state index is 0.104. The van der Waals surface area contributed by atoms with E-state index in [-0.39, 0.29) is 12.3 Å². The third-order valence-corrected chi connectivity index (χ3v) is 4.33. The third kappa shape index (κ3) is 9.85. The maximum Gasteiger partial charge on any atom is 0.326 e. The van der Waals surface area contributed by atoms with Crippen molar-refractivity contribution in [2.45, 2.75) is 64.3 Å². The smallest absolute Gasteiger partial charge is 0.326 e. The van der Waals surface area contributed by atoms with Crippen molar-refractivity contribution < 1.29 is 39.3 Å². The summed E-state index contributed by atoms with van der Waals surface area (Å²) in [4.78, 5) is 57.9. The van der Waals surface area contributed by atoms with Gasteiger partial charge in [0.1, 0.15) is 12.1 Å². The molecule has 0 aliphatic rings. The van der Waals surface area contributed by atoms with E-state index in [0.717, 1.165) is 0 Å². The van der Waals surface area contributed by atoms with Gasteiger partial charge in [0.25, 0.3) is 0 Å². The van der Waals surface area contributed by atoms with Gasteiger partial charge in [-0.3, -0.25) is 19.2 Å². The summed E-state index contributed by atoms with van der Waals surface area (Å²) in [5.74, 6) is -5.15. The molecular weight excluding hydrogens is 388 g/mol. The summed E-state index contributed by atoms with van der Waals surface area (Å²) in [6.07, 6.45) is -1.59. The van der Waals surface area contributed by atoms with Crippen LogP contribution in [0.4, 0.5) is 0 Å². The van der Waals surface area contributed by atoms with Crippen molar-refractivity contribution in [3.63, 3.8) is 0 Å². The Kier molecular flexibility index (Phi) is 11.5. The van der Waals surface area contributed by atoms with Gasteiger partial charge in [-0.2, -0.15) is 0 Å². The fourth-order valence-electron chi connectivity index (χ4n) is 2.21. The number of amides is 3. The lowest BCUT2D eigenvalue weighted by Crippen LogP contribution is -2.57. The molecule has 0 radical (unpaired) electrons. The molecule has 29 heavy (non-hydrogen) atoms. The average molecular weight is 418 g/mol. The predicted molar refractivity (Wildman–Crippen MR) is 100 cm³/mol. The minimum atomic E-state index is -1.51. The molecule has 0 spiro atoms. The lowest BCUT2D eigenvalue weighted by molar-refractivity contribution is -0.144. The van der Waals surface area contributed by atoms with Gasteiger partial charge in [0.2, 0.25) is 17.7 Å². The molecule has 0 bridgehead atoms. The van der Waals surface area contributed by atoms with E-state index in [9.17, 15) is 29.1 Å². The molecule has 0 saturated carbocycles. The normalized spacial score (nSPS) is 15.9. The van der Waals surface area contributed by atoms with Crippen molar-refractivity contribution in [1.82, 2.24) is 16.0 Å². The van der Waals surface area contributed by atoms with Gasteiger partial charge in [0.15, 0.2) is 0 Å². The Bertz CT molecular complexity index is 610. The highest BCUT2D eigenvalue weighted by molar-refractivity contribution is 5.93. The number of carboxylic acid groups (broad SMARTS) is 2. The van der Waals surface area contributed by atoms with E-state index in [1.165, 1.54) is 6.92 Å². The quantitative estimate of drug-likeness (QED) is 0.172. The predicted octanol–water partition coefficient (Wildman–Crippen LogP) is -2.22. The second-order valence-electron chi connectivity index (χ2n) is 6.75. The highest BCUT2D eigenvalue weighted by Gasteiger charge is 2.30. The molecule has 0 aromatic carbocycles. The number of nitrogens with two attached hydrogens (primary N) is 1. The number of hydrogen-bond donors (Lipinski definition) is 7. The first-order valence-electron chi connectivity index (χ1n) is 9.16. The average Bonchev–Trinajstić information content (AvgIpc) is 2.64. The zero-order valence-corrected chi connectivity index (χ0v) is 16.7. The van der Waals surface area contributed by atoms with Crippen molar-refractivity contribution in [2.24, 2.45) is 11.7 Å². The summed E-state index contributed by atoms with van der Waals surface area (Å²) < 4.78 is 0. The number of nitrogens with one attached hydrogen (secondary N) is 3. The van der Waals surface area contributed by atoms with E-state index in [1.807, 2.05) is 6.92 Å². The Labute approximate surface area is 168 Å². The molecule has 8 N–H and O–H groups in total. The van der Waals surface area contributed by atoms with Crippen LogP contribution in [-0.4, -0.2) is 75.8 Å². The van der Waals surface area contributed by atoms with Crippen LogP contribution in [0.25, 0.3) is 0 Å². The largest absolute Gasteiger partial charge is 0.481 e. The van der Waals surface area contributed by atoms with Crippen LogP contribution < -0.4 is 21.7 Å². The molecule has 0 aliphatic heterocycles. The zero-order chi connectivity index (χ0) is 22.7. The van der Waals surface area contributed by atoms with Crippen molar-refractivity contribution in [2.75, 3.05) is 6.54 Å². The molecule has 0 aliphatic carbocycles. The summed E-state index contributed by atoms with van der Waals surface area (Å²) in [5, 5.41) is 34.1. The van der Waals surface area contributed by atoms with Gasteiger partial charge in [-0.25, -0.2) is 4.79 Å². The number of rotatable bonds is 13. The van der Waals surface area contributed by atoms with E-state index in [1.54, 1.807) is 6.92 Å². The van der Waals surface area contributed by atoms with Crippen LogP contribution in [0.1, 0.15) is 40.0 Å². The molecule has 0 rings (SSSR count). The van der Waals surface area contributed by atoms with Gasteiger partial charge < -0.3 is 37.0 Å². The van der Waals surface area contributed by atoms with Crippen LogP contribution in [0.3, 0.4) is 0 Å². The Morgan fingerprint density at radius 2 is 1.59 bits per heavy atom. The molecule has 12 heteroatoms. The summed E-state index contributed by atoms with van der Waals surface area (Å²) in [5.41, 5.74) is 5.74. The molecular formula is C17H30N4O8. The fraction of sp³-hybridized carbons (Fsp3) is 0.706. The number of carbonyl (C=O) groups excluding carboxylic acids is 3. The maximum atomic E-state index is 12.3. The standard InChI is InChI=1S/C17H30N4O8/c1-4-8(2)13(18)15(26)19-7-11(23)21-14(9(3)22)16(27)20-10(17(28)29)5-6-12(24)25/h8-10,13-14,22H,4-7,18H2,1-3H3,(H,19,26)(H,20,27)(H,21,23)(H,24,25)(H,28,29). The van der Waals surface area contributed by atoms with Crippen molar-refractivity contribution in [3.05, 3.63) is 0 Å². The Morgan fingerprint density at radius 3 is 2.03 bits per heavy atom. The fourth-order valence-corrected chi connectivity index (χ4v) is 2.21. The Hall–Kier alpha value is -2.73. The number of hydrogen-bond acceptors (Lipinski definition) is 7. The van der Waals surface area contributed by atoms with Crippen LogP contribution in [0.5, 0.6) is 0 Å². The molecule has 5 atom stereocenters. The summed E-state index contributed by atoms with van der Waals surface area (Å²) in [7, 11) is 0. The summed E-state index contributed by atoms with van der Waals surface area (Å²) in [6.45, 7) is 4.34. The number of aliphatic hydroxyl groups is 1. The van der Waals surface area contributed by atoms with E-state index in [2.05, 4.69) is 16.0 Å². The number of aliphatic hydroxyl groups excluding tert-OH is 1. The Balaban J connectivity index is 4.85. The van der Waals surface area contributed by atoms with E-state index >= 15 is 0 Å². The highest BCUT2D eigenvalue weighted by Crippen LogP contribution is 2.05. The first-order valence-corrected chi connectivity index (χ1v) is 9.16. The monoisotopic (exact) mass is 418 g/mol. The molecule has 0 heterocycles. The van der Waals surface area contributed by atoms with E-state index < -0.39 is 66.9 Å². The SMILES string of the molecule is CCC(C)C(N)C(=O)NCC(=O)NC(C(=O)NC(CCC(=O)O)C(=O)O)C(C)O. The molecule has 12 nitrogen and oxygen atoms in total. The highest BCUT2D eigenvalue weighted by atomic mass is 16.4. The van der Waals surface area contributed by atoms with Crippen molar-refractivity contribution >= 4 is 29.7 Å². The molecule has 0 aromatic heterocycles. The lowest BCUT2D eigenvalue weighted by atomic mass is 9.99. The number of carbonyl (C=O) groups is 5. The molecule has 0 aromatic rings. The molecule has 0 saturated heterocycles. The lowest BCUT2D eigenvalue weighted by Gasteiger charge is -2.23. The van der Waals surface area contributed by atoms with E-state index in [4.69, 9.17) is 15.9 Å². The van der Waals surface area contributed by atoms with E-state index in [0.29, 0.717) is 6.42 Å². The summed E-state index contributed by atoms with van der Waals surface area (Å²) >= 11 is 0. The molecule has 5 unspecified atom stereocenters. The molecule has 3 amide bonds. The van der Waals surface area contributed by atoms with Crippen LogP contribution in [0, 0.1) is 5.92 Å². The maximum absolute atomic E-state index is 12.3. The third-order valence-electron chi connectivity index (χ3n) is 4.33. The van der Waals surface area contributed by atoms with Crippen LogP contribution in [0.2, 0.25) is 0 Å². The topological polar surface area (TPSA) is 208 Å². The van der Waals surface area contributed by atoms with Gasteiger partial charge in [0, 0.05) is 6.42 Å². The first kappa shape index (κ1) is 26.3. The van der Waals surface area contributed by atoms with Crippen LogP contribution >= 0.6 is 0 Å². The molecule has 0 fully saturated rings. The van der Waals surface area contributed by atoms with Crippen molar-refractivity contribution in [3.8, 4) is 0 Å². The second kappa shape index (κ2) is 12.7. The van der Waals surface area contributed by atoms with Crippen molar-refractivity contribution in [1.29, 1.82) is 0 Å². The van der Waals surface area contributed by atoms with Gasteiger partial charge in [-0.15, -0.1) is 0 Å². The van der Waals surface area contributed by atoms with Gasteiger partial charge in [0.05, 0.1) is 18.7 Å². The van der Waals surface area contributed by atoms with Gasteiger partial charge in [-0.05, 0) is 19.3 Å².